The number of ether oxygens (including phenoxy) is 1. The molecule has 3 aromatic rings. The summed E-state index contributed by atoms with van der Waals surface area (Å²) >= 11 is 0. The van der Waals surface area contributed by atoms with Crippen molar-refractivity contribution < 1.29 is 17.9 Å². The number of anilines is 1. The lowest BCUT2D eigenvalue weighted by Gasteiger charge is -2.15. The molecule has 164 valence electrons. The van der Waals surface area contributed by atoms with Crippen LogP contribution in [0.5, 0.6) is 5.75 Å². The number of benzene rings is 2. The predicted octanol–water partition coefficient (Wildman–Crippen LogP) is 2.05. The first-order valence-electron chi connectivity index (χ1n) is 10.00. The maximum Gasteiger partial charge on any atom is 0.319 e. The van der Waals surface area contributed by atoms with Crippen molar-refractivity contribution in [3.8, 4) is 5.75 Å². The second kappa shape index (κ2) is 8.90. The number of nitrogens with one attached hydrogen (secondary N) is 2. The van der Waals surface area contributed by atoms with Gasteiger partial charge in [0.2, 0.25) is 10.0 Å². The number of methoxy groups -OCH3 is 1. The zero-order chi connectivity index (χ0) is 21.8. The zero-order valence-corrected chi connectivity index (χ0v) is 17.9. The quantitative estimate of drug-likeness (QED) is 0.576. The fraction of sp³-hybridized carbons (Fsp3) is 0.350. The molecule has 11 heteroatoms. The van der Waals surface area contributed by atoms with E-state index in [0.717, 1.165) is 12.8 Å². The Balaban J connectivity index is 1.37. The van der Waals surface area contributed by atoms with E-state index in [0.29, 0.717) is 48.6 Å². The molecule has 0 radical (unpaired) electrons. The molecular formula is C20H24N6O4S. The third-order valence-corrected chi connectivity index (χ3v) is 7.02. The highest BCUT2D eigenvalue weighted by Gasteiger charge is 2.27. The first-order chi connectivity index (χ1) is 15.0. The van der Waals surface area contributed by atoms with Crippen LogP contribution in [0, 0.1) is 0 Å². The molecule has 0 spiro atoms. The predicted molar refractivity (Wildman–Crippen MR) is 116 cm³/mol. The summed E-state index contributed by atoms with van der Waals surface area (Å²) in [4.78, 5) is 12.3. The highest BCUT2D eigenvalue weighted by atomic mass is 32.2. The van der Waals surface area contributed by atoms with Crippen LogP contribution < -0.4 is 15.4 Å². The number of rotatable bonds is 7. The topological polar surface area (TPSA) is 118 Å². The molecule has 1 aliphatic rings. The van der Waals surface area contributed by atoms with Gasteiger partial charge in [0.15, 0.2) is 0 Å². The summed E-state index contributed by atoms with van der Waals surface area (Å²) in [6.45, 7) is 1.81. The molecule has 4 rings (SSSR count). The Hall–Kier alpha value is -3.18. The van der Waals surface area contributed by atoms with Crippen LogP contribution in [-0.2, 0) is 16.6 Å². The van der Waals surface area contributed by atoms with E-state index < -0.39 is 10.0 Å². The maximum absolute atomic E-state index is 12.7. The third-order valence-electron chi connectivity index (χ3n) is 5.12. The number of carbonyl (C=O) groups excluding carboxylic acids is 1. The summed E-state index contributed by atoms with van der Waals surface area (Å²) in [6.07, 6.45) is 1.77. The lowest BCUT2D eigenvalue weighted by atomic mass is 10.3. The van der Waals surface area contributed by atoms with Gasteiger partial charge < -0.3 is 15.4 Å². The van der Waals surface area contributed by atoms with Crippen molar-refractivity contribution in [2.75, 3.05) is 32.1 Å². The van der Waals surface area contributed by atoms with Gasteiger partial charge in [-0.15, -0.1) is 5.10 Å². The number of hydrogen-bond acceptors (Lipinski definition) is 6. The molecule has 0 bridgehead atoms. The van der Waals surface area contributed by atoms with E-state index in [-0.39, 0.29) is 10.9 Å². The molecule has 0 saturated carbocycles. The van der Waals surface area contributed by atoms with Crippen molar-refractivity contribution in [2.24, 2.45) is 0 Å². The van der Waals surface area contributed by atoms with E-state index in [2.05, 4.69) is 20.9 Å². The first kappa shape index (κ1) is 21.1. The SMILES string of the molecule is COc1cccc(NC(=O)NCCn2nnc3cc(S(=O)(=O)N4CCCC4)ccc32)c1. The molecule has 31 heavy (non-hydrogen) atoms. The number of amides is 2. The highest BCUT2D eigenvalue weighted by molar-refractivity contribution is 7.89. The molecule has 0 aliphatic carbocycles. The van der Waals surface area contributed by atoms with E-state index in [4.69, 9.17) is 4.74 Å². The number of aromatic nitrogens is 3. The van der Waals surface area contributed by atoms with Gasteiger partial charge in [0.25, 0.3) is 0 Å². The average molecular weight is 445 g/mol. The van der Waals surface area contributed by atoms with Crippen molar-refractivity contribution >= 4 is 32.8 Å². The Morgan fingerprint density at radius 1 is 1.16 bits per heavy atom. The lowest BCUT2D eigenvalue weighted by molar-refractivity contribution is 0.251. The average Bonchev–Trinajstić information content (AvgIpc) is 3.44. The monoisotopic (exact) mass is 444 g/mol. The summed E-state index contributed by atoms with van der Waals surface area (Å²) < 4.78 is 33.7. The van der Waals surface area contributed by atoms with E-state index in [9.17, 15) is 13.2 Å². The zero-order valence-electron chi connectivity index (χ0n) is 17.1. The summed E-state index contributed by atoms with van der Waals surface area (Å²) in [7, 11) is -1.94. The summed E-state index contributed by atoms with van der Waals surface area (Å²) in [6, 6.07) is 11.5. The van der Waals surface area contributed by atoms with E-state index in [1.807, 2.05) is 0 Å². The van der Waals surface area contributed by atoms with Gasteiger partial charge in [-0.2, -0.15) is 4.31 Å². The Kier molecular flexibility index (Phi) is 6.05. The van der Waals surface area contributed by atoms with Crippen LogP contribution >= 0.6 is 0 Å². The van der Waals surface area contributed by atoms with E-state index in [1.54, 1.807) is 54.3 Å². The molecule has 2 aromatic carbocycles. The van der Waals surface area contributed by atoms with Crippen LogP contribution in [0.1, 0.15) is 12.8 Å². The molecular weight excluding hydrogens is 420 g/mol. The second-order valence-electron chi connectivity index (χ2n) is 7.19. The van der Waals surface area contributed by atoms with Crippen molar-refractivity contribution in [3.05, 3.63) is 42.5 Å². The number of hydrogen-bond donors (Lipinski definition) is 2. The van der Waals surface area contributed by atoms with Gasteiger partial charge in [0.1, 0.15) is 11.3 Å². The first-order valence-corrected chi connectivity index (χ1v) is 11.4. The van der Waals surface area contributed by atoms with E-state index in [1.165, 1.54) is 4.31 Å². The second-order valence-corrected chi connectivity index (χ2v) is 9.13. The molecule has 1 aliphatic heterocycles. The summed E-state index contributed by atoms with van der Waals surface area (Å²) in [5.74, 6) is 0.651. The number of fused-ring (bicyclic) bond motifs is 1. The van der Waals surface area contributed by atoms with Crippen LogP contribution in [0.15, 0.2) is 47.4 Å². The van der Waals surface area contributed by atoms with Gasteiger partial charge in [-0.3, -0.25) is 0 Å². The van der Waals surface area contributed by atoms with Crippen LogP contribution in [0.2, 0.25) is 0 Å². The molecule has 1 aromatic heterocycles. The van der Waals surface area contributed by atoms with Crippen LogP contribution in [0.3, 0.4) is 0 Å². The van der Waals surface area contributed by atoms with Gasteiger partial charge in [-0.05, 0) is 43.2 Å². The molecule has 0 unspecified atom stereocenters. The molecule has 2 N–H and O–H groups in total. The molecule has 1 saturated heterocycles. The van der Waals surface area contributed by atoms with Crippen LogP contribution in [0.25, 0.3) is 11.0 Å². The largest absolute Gasteiger partial charge is 0.497 e. The smallest absolute Gasteiger partial charge is 0.319 e. The molecule has 0 atom stereocenters. The molecule has 10 nitrogen and oxygen atoms in total. The fourth-order valence-corrected chi connectivity index (χ4v) is 5.04. The maximum atomic E-state index is 12.7. The van der Waals surface area contributed by atoms with Gasteiger partial charge >= 0.3 is 6.03 Å². The van der Waals surface area contributed by atoms with Gasteiger partial charge in [-0.25, -0.2) is 17.9 Å². The fourth-order valence-electron chi connectivity index (χ4n) is 3.51. The molecule has 1 fully saturated rings. The number of carbonyl (C=O) groups is 1. The Morgan fingerprint density at radius 3 is 2.74 bits per heavy atom. The van der Waals surface area contributed by atoms with Crippen molar-refractivity contribution in [3.63, 3.8) is 0 Å². The number of urea groups is 1. The standard InChI is InChI=1S/C20H24N6O4S/c1-30-16-6-4-5-15(13-16)22-20(27)21-9-12-26-19-8-7-17(14-18(19)23-24-26)31(28,29)25-10-2-3-11-25/h4-8,13-14H,2-3,9-12H2,1H3,(H2,21,22,27). The minimum Gasteiger partial charge on any atom is -0.497 e. The van der Waals surface area contributed by atoms with Gasteiger partial charge in [0, 0.05) is 31.4 Å². The highest BCUT2D eigenvalue weighted by Crippen LogP contribution is 2.23. The van der Waals surface area contributed by atoms with Crippen LogP contribution in [0.4, 0.5) is 10.5 Å². The summed E-state index contributed by atoms with van der Waals surface area (Å²) in [5, 5.41) is 13.7. The normalized spacial score (nSPS) is 14.6. The minimum absolute atomic E-state index is 0.227. The Morgan fingerprint density at radius 2 is 1.97 bits per heavy atom. The third kappa shape index (κ3) is 4.62. The Bertz CT molecular complexity index is 1190. The molecule has 2 heterocycles. The number of sulfonamides is 1. The van der Waals surface area contributed by atoms with Crippen molar-refractivity contribution in [1.82, 2.24) is 24.6 Å². The number of nitrogens with zero attached hydrogens (tertiary/aromatic N) is 4. The van der Waals surface area contributed by atoms with Gasteiger partial charge in [-0.1, -0.05) is 11.3 Å². The summed E-state index contributed by atoms with van der Waals surface area (Å²) in [5.41, 5.74) is 1.83. The lowest BCUT2D eigenvalue weighted by Crippen LogP contribution is -2.31. The van der Waals surface area contributed by atoms with Crippen LogP contribution in [-0.4, -0.2) is 60.5 Å². The Labute approximate surface area is 180 Å². The van der Waals surface area contributed by atoms with Crippen molar-refractivity contribution in [2.45, 2.75) is 24.3 Å². The van der Waals surface area contributed by atoms with Crippen molar-refractivity contribution in [1.29, 1.82) is 0 Å². The van der Waals surface area contributed by atoms with Gasteiger partial charge in [0.05, 0.1) is 24.1 Å². The molecule has 2 amide bonds. The van der Waals surface area contributed by atoms with E-state index >= 15 is 0 Å². The minimum atomic E-state index is -3.50.